The standard InChI is InChI=1S/C20H27N5O4S/c1-20(2,3)29-19(28)24-23-18-22-17(27)15(30-18)12-16(26)21-13-6-8-14(9-7-13)25-10-4-5-11-25/h6-9,15H,4-5,10-12H2,1-3H3,(H,21,26)(H,24,28)(H,22,23,27). The molecule has 0 radical (unpaired) electrons. The van der Waals surface area contributed by atoms with E-state index < -0.39 is 16.9 Å². The molecular weight excluding hydrogens is 406 g/mol. The minimum atomic E-state index is -0.719. The van der Waals surface area contributed by atoms with Crippen molar-refractivity contribution in [3.63, 3.8) is 0 Å². The first-order chi connectivity index (χ1) is 14.2. The molecule has 1 unspecified atom stereocenters. The van der Waals surface area contributed by atoms with Crippen LogP contribution in [-0.4, -0.2) is 47.0 Å². The lowest BCUT2D eigenvalue weighted by Gasteiger charge is -2.18. The smallest absolute Gasteiger partial charge is 0.428 e. The van der Waals surface area contributed by atoms with Crippen molar-refractivity contribution >= 4 is 46.2 Å². The Morgan fingerprint density at radius 2 is 1.90 bits per heavy atom. The van der Waals surface area contributed by atoms with E-state index in [1.807, 2.05) is 24.3 Å². The van der Waals surface area contributed by atoms with Gasteiger partial charge >= 0.3 is 6.09 Å². The fourth-order valence-electron chi connectivity index (χ4n) is 3.10. The van der Waals surface area contributed by atoms with Gasteiger partial charge in [-0.3, -0.25) is 9.59 Å². The lowest BCUT2D eigenvalue weighted by atomic mass is 10.2. The van der Waals surface area contributed by atoms with Gasteiger partial charge in [-0.15, -0.1) is 5.10 Å². The number of nitrogens with zero attached hydrogens (tertiary/aromatic N) is 2. The third-order valence-corrected chi connectivity index (χ3v) is 5.50. The van der Waals surface area contributed by atoms with Gasteiger partial charge in [-0.05, 0) is 57.9 Å². The third-order valence-electron chi connectivity index (χ3n) is 4.42. The molecule has 0 bridgehead atoms. The number of thioether (sulfide) groups is 1. The van der Waals surface area contributed by atoms with E-state index >= 15 is 0 Å². The topological polar surface area (TPSA) is 112 Å². The third kappa shape index (κ3) is 6.38. The van der Waals surface area contributed by atoms with Crippen LogP contribution in [0, 0.1) is 0 Å². The van der Waals surface area contributed by atoms with E-state index in [1.165, 1.54) is 12.8 Å². The number of carbonyl (C=O) groups is 3. The van der Waals surface area contributed by atoms with Gasteiger partial charge in [0.15, 0.2) is 5.17 Å². The lowest BCUT2D eigenvalue weighted by molar-refractivity contribution is -0.122. The molecule has 2 heterocycles. The first kappa shape index (κ1) is 21.9. The predicted molar refractivity (Wildman–Crippen MR) is 117 cm³/mol. The Hall–Kier alpha value is -2.75. The average molecular weight is 434 g/mol. The minimum Gasteiger partial charge on any atom is -0.443 e. The first-order valence-electron chi connectivity index (χ1n) is 9.89. The van der Waals surface area contributed by atoms with Crippen LogP contribution in [0.25, 0.3) is 0 Å². The maximum atomic E-state index is 12.3. The number of hydrogen-bond donors (Lipinski definition) is 3. The summed E-state index contributed by atoms with van der Waals surface area (Å²) >= 11 is 1.09. The van der Waals surface area contributed by atoms with Gasteiger partial charge in [0.2, 0.25) is 11.8 Å². The summed E-state index contributed by atoms with van der Waals surface area (Å²) in [5.41, 5.74) is 3.42. The molecule has 0 aliphatic carbocycles. The predicted octanol–water partition coefficient (Wildman–Crippen LogP) is 2.64. The lowest BCUT2D eigenvalue weighted by Crippen LogP contribution is -2.32. The molecule has 2 aliphatic rings. The van der Waals surface area contributed by atoms with Gasteiger partial charge in [-0.25, -0.2) is 10.2 Å². The Bertz CT molecular complexity index is 829. The molecule has 3 rings (SSSR count). The number of hydrogen-bond acceptors (Lipinski definition) is 7. The van der Waals surface area contributed by atoms with Crippen LogP contribution in [0.15, 0.2) is 29.4 Å². The van der Waals surface area contributed by atoms with Crippen LogP contribution in [0.2, 0.25) is 0 Å². The highest BCUT2D eigenvalue weighted by atomic mass is 32.2. The van der Waals surface area contributed by atoms with E-state index in [-0.39, 0.29) is 23.4 Å². The van der Waals surface area contributed by atoms with Gasteiger partial charge in [0.25, 0.3) is 0 Å². The molecule has 9 nitrogen and oxygen atoms in total. The maximum absolute atomic E-state index is 12.3. The second-order valence-corrected chi connectivity index (χ2v) is 9.31. The van der Waals surface area contributed by atoms with Crippen molar-refractivity contribution in [3.05, 3.63) is 24.3 Å². The van der Waals surface area contributed by atoms with E-state index in [0.717, 1.165) is 30.5 Å². The number of amides is 3. The molecule has 3 amide bonds. The summed E-state index contributed by atoms with van der Waals surface area (Å²) in [6, 6.07) is 7.71. The molecule has 3 N–H and O–H groups in total. The minimum absolute atomic E-state index is 0.00413. The highest BCUT2D eigenvalue weighted by molar-refractivity contribution is 8.15. The van der Waals surface area contributed by atoms with Gasteiger partial charge in [0.1, 0.15) is 10.9 Å². The second-order valence-electron chi connectivity index (χ2n) is 8.12. The zero-order chi connectivity index (χ0) is 21.7. The normalized spacial score (nSPS) is 20.2. The number of carbonyl (C=O) groups excluding carboxylic acids is 3. The fourth-order valence-corrected chi connectivity index (χ4v) is 4.03. The average Bonchev–Trinajstić information content (AvgIpc) is 3.30. The Labute approximate surface area is 180 Å². The summed E-state index contributed by atoms with van der Waals surface area (Å²) in [6.45, 7) is 7.33. The summed E-state index contributed by atoms with van der Waals surface area (Å²) in [5.74, 6) is -0.595. The van der Waals surface area contributed by atoms with Gasteiger partial charge in [-0.1, -0.05) is 11.8 Å². The molecule has 2 fully saturated rings. The van der Waals surface area contributed by atoms with Crippen molar-refractivity contribution in [1.29, 1.82) is 0 Å². The van der Waals surface area contributed by atoms with E-state index in [0.29, 0.717) is 5.69 Å². The highest BCUT2D eigenvalue weighted by Crippen LogP contribution is 2.24. The molecular formula is C20H27N5O4S. The summed E-state index contributed by atoms with van der Waals surface area (Å²) in [4.78, 5) is 38.4. The number of rotatable bonds is 5. The summed E-state index contributed by atoms with van der Waals surface area (Å²) in [6.07, 6.45) is 1.69. The Balaban J connectivity index is 1.47. The quantitative estimate of drug-likeness (QED) is 0.616. The highest BCUT2D eigenvalue weighted by Gasteiger charge is 2.32. The van der Waals surface area contributed by atoms with Gasteiger partial charge in [0, 0.05) is 30.9 Å². The number of hydrazone groups is 1. The van der Waals surface area contributed by atoms with Crippen LogP contribution in [0.1, 0.15) is 40.0 Å². The molecule has 10 heteroatoms. The summed E-state index contributed by atoms with van der Waals surface area (Å²) in [7, 11) is 0. The van der Waals surface area contributed by atoms with Crippen molar-refractivity contribution < 1.29 is 19.1 Å². The van der Waals surface area contributed by atoms with Crippen molar-refractivity contribution in [1.82, 2.24) is 10.7 Å². The second kappa shape index (κ2) is 9.38. The van der Waals surface area contributed by atoms with Crippen LogP contribution < -0.4 is 21.0 Å². The van der Waals surface area contributed by atoms with Crippen molar-refractivity contribution in [2.75, 3.05) is 23.3 Å². The van der Waals surface area contributed by atoms with E-state index in [2.05, 4.69) is 26.1 Å². The molecule has 1 atom stereocenters. The number of amidine groups is 1. The Morgan fingerprint density at radius 3 is 2.53 bits per heavy atom. The van der Waals surface area contributed by atoms with Crippen LogP contribution >= 0.6 is 11.8 Å². The molecule has 2 saturated heterocycles. The first-order valence-corrected chi connectivity index (χ1v) is 10.8. The summed E-state index contributed by atoms with van der Waals surface area (Å²) in [5, 5.41) is 8.80. The van der Waals surface area contributed by atoms with Crippen molar-refractivity contribution in [2.45, 2.75) is 50.9 Å². The zero-order valence-electron chi connectivity index (χ0n) is 17.4. The van der Waals surface area contributed by atoms with Gasteiger partial charge < -0.3 is 20.3 Å². The molecule has 1 aromatic rings. The zero-order valence-corrected chi connectivity index (χ0v) is 18.2. The molecule has 0 aromatic heterocycles. The largest absolute Gasteiger partial charge is 0.443 e. The molecule has 30 heavy (non-hydrogen) atoms. The maximum Gasteiger partial charge on any atom is 0.428 e. The molecule has 2 aliphatic heterocycles. The number of ether oxygens (including phenoxy) is 1. The fraction of sp³-hybridized carbons (Fsp3) is 0.500. The van der Waals surface area contributed by atoms with E-state index in [9.17, 15) is 14.4 Å². The SMILES string of the molecule is CC(C)(C)OC(=O)N/N=C1/NC(=O)C(CC(=O)Nc2ccc(N3CCCC3)cc2)S1. The Kier molecular flexibility index (Phi) is 6.86. The molecule has 1 aromatic carbocycles. The summed E-state index contributed by atoms with van der Waals surface area (Å²) < 4.78 is 5.08. The van der Waals surface area contributed by atoms with Crippen LogP contribution in [0.5, 0.6) is 0 Å². The van der Waals surface area contributed by atoms with Gasteiger partial charge in [-0.2, -0.15) is 0 Å². The number of benzene rings is 1. The molecule has 0 spiro atoms. The molecule has 0 saturated carbocycles. The van der Waals surface area contributed by atoms with Crippen LogP contribution in [0.3, 0.4) is 0 Å². The molecule has 162 valence electrons. The van der Waals surface area contributed by atoms with E-state index in [4.69, 9.17) is 4.74 Å². The van der Waals surface area contributed by atoms with Crippen LogP contribution in [-0.2, 0) is 14.3 Å². The van der Waals surface area contributed by atoms with Gasteiger partial charge in [0.05, 0.1) is 0 Å². The van der Waals surface area contributed by atoms with Crippen molar-refractivity contribution in [3.8, 4) is 0 Å². The number of nitrogens with one attached hydrogen (secondary N) is 3. The van der Waals surface area contributed by atoms with Crippen molar-refractivity contribution in [2.24, 2.45) is 5.10 Å². The van der Waals surface area contributed by atoms with E-state index in [1.54, 1.807) is 20.8 Å². The van der Waals surface area contributed by atoms with Crippen LogP contribution in [0.4, 0.5) is 16.2 Å². The monoisotopic (exact) mass is 433 g/mol. The Morgan fingerprint density at radius 1 is 1.23 bits per heavy atom. The number of anilines is 2.